The first-order valence-corrected chi connectivity index (χ1v) is 10.8. The van der Waals surface area contributed by atoms with E-state index in [1.807, 2.05) is 34.9 Å². The van der Waals surface area contributed by atoms with Crippen LogP contribution < -0.4 is 0 Å². The van der Waals surface area contributed by atoms with Crippen molar-refractivity contribution in [1.29, 1.82) is 0 Å². The Hall–Kier alpha value is -3.04. The van der Waals surface area contributed by atoms with Gasteiger partial charge in [-0.05, 0) is 29.8 Å². The number of sulfonamides is 1. The fraction of sp³-hybridized carbons (Fsp3) is 0.238. The molecule has 156 valence electrons. The zero-order valence-electron chi connectivity index (χ0n) is 16.2. The molecule has 0 radical (unpaired) electrons. The number of hydrogen-bond donors (Lipinski definition) is 0. The van der Waals surface area contributed by atoms with Crippen molar-refractivity contribution in [3.63, 3.8) is 0 Å². The molecule has 2 aromatic carbocycles. The SMILES string of the molecule is COC(=O)[C@H]1Cc2ncn(Cc3ccccc3)c2CN1S(=O)(=O)c1ccc(F)cc1. The summed E-state index contributed by atoms with van der Waals surface area (Å²) < 4.78 is 47.7. The molecule has 3 aromatic rings. The molecule has 1 aliphatic rings. The summed E-state index contributed by atoms with van der Waals surface area (Å²) in [6.07, 6.45) is 1.75. The maximum Gasteiger partial charge on any atom is 0.324 e. The number of nitrogens with zero attached hydrogens (tertiary/aromatic N) is 3. The van der Waals surface area contributed by atoms with Gasteiger partial charge in [-0.2, -0.15) is 4.31 Å². The van der Waals surface area contributed by atoms with Crippen LogP contribution in [0, 0.1) is 5.82 Å². The molecule has 7 nitrogen and oxygen atoms in total. The Kier molecular flexibility index (Phi) is 5.40. The molecule has 0 spiro atoms. The second-order valence-corrected chi connectivity index (χ2v) is 8.89. The van der Waals surface area contributed by atoms with Crippen LogP contribution in [0.25, 0.3) is 0 Å². The molecular weight excluding hydrogens is 409 g/mol. The number of fused-ring (bicyclic) bond motifs is 1. The van der Waals surface area contributed by atoms with Gasteiger partial charge in [0.15, 0.2) is 0 Å². The van der Waals surface area contributed by atoms with Crippen LogP contribution in [-0.4, -0.2) is 41.4 Å². The van der Waals surface area contributed by atoms with E-state index in [0.29, 0.717) is 17.9 Å². The van der Waals surface area contributed by atoms with Gasteiger partial charge in [0.05, 0.1) is 36.3 Å². The van der Waals surface area contributed by atoms with Crippen molar-refractivity contribution in [3.05, 3.63) is 83.7 Å². The van der Waals surface area contributed by atoms with Crippen LogP contribution in [0.4, 0.5) is 4.39 Å². The van der Waals surface area contributed by atoms with Crippen LogP contribution in [-0.2, 0) is 39.1 Å². The lowest BCUT2D eigenvalue weighted by atomic mass is 10.1. The van der Waals surface area contributed by atoms with Gasteiger partial charge in [-0.15, -0.1) is 0 Å². The van der Waals surface area contributed by atoms with E-state index >= 15 is 0 Å². The molecule has 0 saturated heterocycles. The maximum absolute atomic E-state index is 13.3. The normalized spacial score (nSPS) is 16.8. The molecule has 0 amide bonds. The van der Waals surface area contributed by atoms with E-state index in [2.05, 4.69) is 4.98 Å². The summed E-state index contributed by atoms with van der Waals surface area (Å²) >= 11 is 0. The van der Waals surface area contributed by atoms with Crippen LogP contribution in [0.15, 0.2) is 65.8 Å². The highest BCUT2D eigenvalue weighted by atomic mass is 32.2. The number of hydrogen-bond acceptors (Lipinski definition) is 5. The molecule has 9 heteroatoms. The minimum absolute atomic E-state index is 0.0400. The molecular formula is C21H20FN3O4S. The standard InChI is InChI=1S/C21H20FN3O4S/c1-29-21(26)19-11-18-20(24(14-23-18)12-15-5-3-2-4-6-15)13-25(19)30(27,28)17-9-7-16(22)8-10-17/h2-10,14,19H,11-13H2,1H3/t19-/m1/s1. The number of imidazole rings is 1. The fourth-order valence-corrected chi connectivity index (χ4v) is 5.13. The van der Waals surface area contributed by atoms with Crippen molar-refractivity contribution in [1.82, 2.24) is 13.9 Å². The Labute approximate surface area is 173 Å². The zero-order chi connectivity index (χ0) is 21.3. The van der Waals surface area contributed by atoms with Gasteiger partial charge in [-0.1, -0.05) is 30.3 Å². The molecule has 30 heavy (non-hydrogen) atoms. The predicted octanol–water partition coefficient (Wildman–Crippen LogP) is 2.36. The number of carbonyl (C=O) groups is 1. The summed E-state index contributed by atoms with van der Waals surface area (Å²) in [4.78, 5) is 16.7. The van der Waals surface area contributed by atoms with Gasteiger partial charge < -0.3 is 9.30 Å². The average Bonchev–Trinajstić information content (AvgIpc) is 3.15. The minimum Gasteiger partial charge on any atom is -0.468 e. The summed E-state index contributed by atoms with van der Waals surface area (Å²) in [5.41, 5.74) is 2.41. The van der Waals surface area contributed by atoms with Crippen molar-refractivity contribution in [2.45, 2.75) is 30.4 Å². The third kappa shape index (κ3) is 3.73. The monoisotopic (exact) mass is 429 g/mol. The smallest absolute Gasteiger partial charge is 0.324 e. The van der Waals surface area contributed by atoms with Crippen LogP contribution >= 0.6 is 0 Å². The van der Waals surface area contributed by atoms with Gasteiger partial charge in [0, 0.05) is 13.0 Å². The second kappa shape index (κ2) is 8.00. The summed E-state index contributed by atoms with van der Waals surface area (Å²) in [5, 5.41) is 0. The van der Waals surface area contributed by atoms with Crippen molar-refractivity contribution in [2.75, 3.05) is 7.11 Å². The summed E-state index contributed by atoms with van der Waals surface area (Å²) in [6, 6.07) is 13.2. The molecule has 0 N–H and O–H groups in total. The first-order chi connectivity index (χ1) is 14.4. The van der Waals surface area contributed by atoms with Gasteiger partial charge in [-0.25, -0.2) is 17.8 Å². The molecule has 0 fully saturated rings. The Morgan fingerprint density at radius 3 is 2.53 bits per heavy atom. The fourth-order valence-electron chi connectivity index (χ4n) is 3.59. The highest BCUT2D eigenvalue weighted by Gasteiger charge is 2.42. The summed E-state index contributed by atoms with van der Waals surface area (Å²) in [7, 11) is -2.85. The largest absolute Gasteiger partial charge is 0.468 e. The number of benzene rings is 2. The third-order valence-electron chi connectivity index (χ3n) is 5.16. The minimum atomic E-state index is -4.07. The van der Waals surface area contributed by atoms with Gasteiger partial charge >= 0.3 is 5.97 Å². The number of ether oxygens (including phenoxy) is 1. The first kappa shape index (κ1) is 20.2. The molecule has 0 aliphatic carbocycles. The van der Waals surface area contributed by atoms with E-state index < -0.39 is 27.9 Å². The molecule has 4 rings (SSSR count). The van der Waals surface area contributed by atoms with E-state index in [1.54, 1.807) is 6.33 Å². The number of halogens is 1. The Bertz CT molecular complexity index is 1160. The topological polar surface area (TPSA) is 81.5 Å². The number of aromatic nitrogens is 2. The molecule has 0 bridgehead atoms. The van der Waals surface area contributed by atoms with E-state index in [9.17, 15) is 17.6 Å². The maximum atomic E-state index is 13.3. The van der Waals surface area contributed by atoms with Crippen LogP contribution in [0.1, 0.15) is 17.0 Å². The first-order valence-electron chi connectivity index (χ1n) is 9.32. The van der Waals surface area contributed by atoms with Gasteiger partial charge in [0.25, 0.3) is 0 Å². The molecule has 2 heterocycles. The third-order valence-corrected chi connectivity index (χ3v) is 7.03. The number of esters is 1. The number of methoxy groups -OCH3 is 1. The highest BCUT2D eigenvalue weighted by Crippen LogP contribution is 2.29. The molecule has 1 aromatic heterocycles. The Morgan fingerprint density at radius 2 is 1.87 bits per heavy atom. The van der Waals surface area contributed by atoms with E-state index in [1.165, 1.54) is 19.2 Å². The van der Waals surface area contributed by atoms with Crippen molar-refractivity contribution in [2.24, 2.45) is 0 Å². The van der Waals surface area contributed by atoms with Gasteiger partial charge in [0.1, 0.15) is 11.9 Å². The summed E-state index contributed by atoms with van der Waals surface area (Å²) in [6.45, 7) is 0.484. The molecule has 1 aliphatic heterocycles. The lowest BCUT2D eigenvalue weighted by Gasteiger charge is -2.33. The number of rotatable bonds is 5. The van der Waals surface area contributed by atoms with Crippen LogP contribution in [0.3, 0.4) is 0 Å². The van der Waals surface area contributed by atoms with Crippen molar-refractivity contribution in [3.8, 4) is 0 Å². The molecule has 1 atom stereocenters. The zero-order valence-corrected chi connectivity index (χ0v) is 17.0. The van der Waals surface area contributed by atoms with Gasteiger partial charge in [0.2, 0.25) is 10.0 Å². The lowest BCUT2D eigenvalue weighted by Crippen LogP contribution is -2.49. The Morgan fingerprint density at radius 1 is 1.17 bits per heavy atom. The van der Waals surface area contributed by atoms with E-state index in [0.717, 1.165) is 22.0 Å². The van der Waals surface area contributed by atoms with Crippen LogP contribution in [0.5, 0.6) is 0 Å². The average molecular weight is 429 g/mol. The number of carbonyl (C=O) groups excluding carboxylic acids is 1. The summed E-state index contributed by atoms with van der Waals surface area (Å²) in [5.74, 6) is -1.20. The predicted molar refractivity (Wildman–Crippen MR) is 106 cm³/mol. The van der Waals surface area contributed by atoms with Gasteiger partial charge in [-0.3, -0.25) is 4.79 Å². The molecule has 0 unspecified atom stereocenters. The second-order valence-electron chi connectivity index (χ2n) is 7.00. The molecule has 0 saturated carbocycles. The van der Waals surface area contributed by atoms with E-state index in [-0.39, 0.29) is 17.9 Å². The highest BCUT2D eigenvalue weighted by molar-refractivity contribution is 7.89. The van der Waals surface area contributed by atoms with Crippen molar-refractivity contribution < 1.29 is 22.3 Å². The Balaban J connectivity index is 1.73. The van der Waals surface area contributed by atoms with Crippen LogP contribution in [0.2, 0.25) is 0 Å². The van der Waals surface area contributed by atoms with E-state index in [4.69, 9.17) is 4.74 Å². The quantitative estimate of drug-likeness (QED) is 0.582. The van der Waals surface area contributed by atoms with Crippen molar-refractivity contribution >= 4 is 16.0 Å². The lowest BCUT2D eigenvalue weighted by molar-refractivity contribution is -0.145.